The standard InChI is InChI=1S/C15H10Cl2O4/c1-20-14(18)9-2-5-11(6-3-9)21-15(19)10-4-7-12(16)13(17)8-10/h2-8H,1H3. The Morgan fingerprint density at radius 1 is 0.857 bits per heavy atom. The van der Waals surface area contributed by atoms with Crippen molar-refractivity contribution in [2.75, 3.05) is 7.11 Å². The van der Waals surface area contributed by atoms with Crippen molar-refractivity contribution in [2.24, 2.45) is 0 Å². The van der Waals surface area contributed by atoms with Crippen molar-refractivity contribution in [1.82, 2.24) is 0 Å². The monoisotopic (exact) mass is 324 g/mol. The van der Waals surface area contributed by atoms with E-state index in [9.17, 15) is 9.59 Å². The Labute approximate surface area is 131 Å². The van der Waals surface area contributed by atoms with Crippen molar-refractivity contribution in [2.45, 2.75) is 0 Å². The Morgan fingerprint density at radius 3 is 2.05 bits per heavy atom. The molecule has 4 nitrogen and oxygen atoms in total. The number of halogens is 2. The molecule has 21 heavy (non-hydrogen) atoms. The smallest absolute Gasteiger partial charge is 0.343 e. The molecule has 0 radical (unpaired) electrons. The number of hydrogen-bond acceptors (Lipinski definition) is 4. The third-order valence-corrected chi connectivity index (χ3v) is 3.38. The summed E-state index contributed by atoms with van der Waals surface area (Å²) in [6.07, 6.45) is 0. The van der Waals surface area contributed by atoms with E-state index in [0.29, 0.717) is 16.3 Å². The molecule has 0 aromatic heterocycles. The molecule has 0 bridgehead atoms. The lowest BCUT2D eigenvalue weighted by atomic mass is 10.2. The van der Waals surface area contributed by atoms with Gasteiger partial charge in [-0.1, -0.05) is 23.2 Å². The summed E-state index contributed by atoms with van der Waals surface area (Å²) in [5.41, 5.74) is 0.647. The fourth-order valence-corrected chi connectivity index (χ4v) is 1.86. The lowest BCUT2D eigenvalue weighted by molar-refractivity contribution is 0.0600. The van der Waals surface area contributed by atoms with Gasteiger partial charge >= 0.3 is 11.9 Å². The minimum absolute atomic E-state index is 0.271. The maximum Gasteiger partial charge on any atom is 0.343 e. The molecule has 108 valence electrons. The van der Waals surface area contributed by atoms with E-state index in [1.807, 2.05) is 0 Å². The molecule has 2 aromatic rings. The lowest BCUT2D eigenvalue weighted by Crippen LogP contribution is -2.08. The SMILES string of the molecule is COC(=O)c1ccc(OC(=O)c2ccc(Cl)c(Cl)c2)cc1. The van der Waals surface area contributed by atoms with Crippen molar-refractivity contribution in [1.29, 1.82) is 0 Å². The Hall–Kier alpha value is -2.04. The van der Waals surface area contributed by atoms with Gasteiger partial charge in [-0.15, -0.1) is 0 Å². The quantitative estimate of drug-likeness (QED) is 0.632. The average Bonchev–Trinajstić information content (AvgIpc) is 2.50. The normalized spacial score (nSPS) is 10.0. The maximum atomic E-state index is 11.9. The van der Waals surface area contributed by atoms with Crippen LogP contribution in [0.4, 0.5) is 0 Å². The van der Waals surface area contributed by atoms with Gasteiger partial charge in [-0.25, -0.2) is 9.59 Å². The van der Waals surface area contributed by atoms with E-state index in [2.05, 4.69) is 4.74 Å². The van der Waals surface area contributed by atoms with E-state index in [1.165, 1.54) is 49.6 Å². The molecule has 0 heterocycles. The van der Waals surface area contributed by atoms with Crippen molar-refractivity contribution < 1.29 is 19.1 Å². The van der Waals surface area contributed by atoms with Crippen LogP contribution in [0.1, 0.15) is 20.7 Å². The largest absolute Gasteiger partial charge is 0.465 e. The number of rotatable bonds is 3. The van der Waals surface area contributed by atoms with Crippen LogP contribution in [-0.2, 0) is 4.74 Å². The molecule has 0 atom stereocenters. The number of methoxy groups -OCH3 is 1. The molecular weight excluding hydrogens is 315 g/mol. The zero-order valence-electron chi connectivity index (χ0n) is 10.9. The number of carbonyl (C=O) groups excluding carboxylic acids is 2. The maximum absolute atomic E-state index is 11.9. The van der Waals surface area contributed by atoms with E-state index >= 15 is 0 Å². The Kier molecular flexibility index (Phi) is 4.83. The van der Waals surface area contributed by atoms with Crippen LogP contribution in [0.15, 0.2) is 42.5 Å². The van der Waals surface area contributed by atoms with E-state index in [-0.39, 0.29) is 10.6 Å². The molecule has 0 saturated heterocycles. The lowest BCUT2D eigenvalue weighted by Gasteiger charge is -2.06. The Morgan fingerprint density at radius 2 is 1.48 bits per heavy atom. The second-order valence-electron chi connectivity index (χ2n) is 4.03. The highest BCUT2D eigenvalue weighted by Crippen LogP contribution is 2.23. The molecule has 0 aliphatic heterocycles. The van der Waals surface area contributed by atoms with Gasteiger partial charge in [0, 0.05) is 0 Å². The first-order chi connectivity index (χ1) is 10.0. The van der Waals surface area contributed by atoms with Gasteiger partial charge in [-0.05, 0) is 42.5 Å². The van der Waals surface area contributed by atoms with Gasteiger partial charge in [0.1, 0.15) is 5.75 Å². The summed E-state index contributed by atoms with van der Waals surface area (Å²) in [7, 11) is 1.29. The second kappa shape index (κ2) is 6.61. The van der Waals surface area contributed by atoms with Crippen LogP contribution in [0.2, 0.25) is 10.0 Å². The molecule has 0 aliphatic carbocycles. The predicted molar refractivity (Wildman–Crippen MR) is 79.2 cm³/mol. The van der Waals surface area contributed by atoms with E-state index < -0.39 is 11.9 Å². The molecule has 6 heteroatoms. The fraction of sp³-hybridized carbons (Fsp3) is 0.0667. The first-order valence-corrected chi connectivity index (χ1v) is 6.62. The van der Waals surface area contributed by atoms with Crippen molar-refractivity contribution in [3.63, 3.8) is 0 Å². The van der Waals surface area contributed by atoms with Crippen molar-refractivity contribution >= 4 is 35.1 Å². The molecule has 0 spiro atoms. The number of esters is 2. The first kappa shape index (κ1) is 15.4. The molecule has 0 N–H and O–H groups in total. The number of carbonyl (C=O) groups is 2. The zero-order valence-corrected chi connectivity index (χ0v) is 12.4. The summed E-state index contributed by atoms with van der Waals surface area (Å²) in [4.78, 5) is 23.2. The molecule has 0 aliphatic rings. The van der Waals surface area contributed by atoms with Crippen LogP contribution in [0.5, 0.6) is 5.75 Å². The van der Waals surface area contributed by atoms with E-state index in [1.54, 1.807) is 0 Å². The summed E-state index contributed by atoms with van der Waals surface area (Å²) in [5, 5.41) is 0.628. The van der Waals surface area contributed by atoms with E-state index in [0.717, 1.165) is 0 Å². The summed E-state index contributed by atoms with van der Waals surface area (Å²) in [6.45, 7) is 0. The zero-order chi connectivity index (χ0) is 15.4. The number of benzene rings is 2. The van der Waals surface area contributed by atoms with Gasteiger partial charge in [-0.2, -0.15) is 0 Å². The van der Waals surface area contributed by atoms with Crippen LogP contribution < -0.4 is 4.74 Å². The van der Waals surface area contributed by atoms with Crippen LogP contribution in [0.3, 0.4) is 0 Å². The van der Waals surface area contributed by atoms with Crippen LogP contribution in [-0.4, -0.2) is 19.0 Å². The molecule has 0 fully saturated rings. The van der Waals surface area contributed by atoms with Gasteiger partial charge in [0.25, 0.3) is 0 Å². The third-order valence-electron chi connectivity index (χ3n) is 2.64. The van der Waals surface area contributed by atoms with Crippen LogP contribution in [0.25, 0.3) is 0 Å². The topological polar surface area (TPSA) is 52.6 Å². The van der Waals surface area contributed by atoms with Crippen LogP contribution >= 0.6 is 23.2 Å². The van der Waals surface area contributed by atoms with Gasteiger partial charge in [0.15, 0.2) is 0 Å². The van der Waals surface area contributed by atoms with Crippen molar-refractivity contribution in [3.8, 4) is 5.75 Å². The van der Waals surface area contributed by atoms with Gasteiger partial charge in [0.2, 0.25) is 0 Å². The summed E-state index contributed by atoms with van der Waals surface area (Å²) < 4.78 is 9.75. The molecule has 2 aromatic carbocycles. The second-order valence-corrected chi connectivity index (χ2v) is 4.85. The fourth-order valence-electron chi connectivity index (χ4n) is 1.57. The van der Waals surface area contributed by atoms with Crippen LogP contribution in [0, 0.1) is 0 Å². The Bertz CT molecular complexity index is 681. The number of hydrogen-bond donors (Lipinski definition) is 0. The highest BCUT2D eigenvalue weighted by atomic mass is 35.5. The third kappa shape index (κ3) is 3.74. The molecule has 2 rings (SSSR count). The number of ether oxygens (including phenoxy) is 2. The summed E-state index contributed by atoms with van der Waals surface area (Å²) in [6, 6.07) is 10.5. The van der Waals surface area contributed by atoms with Crippen molar-refractivity contribution in [3.05, 3.63) is 63.6 Å². The molecule has 0 amide bonds. The van der Waals surface area contributed by atoms with E-state index in [4.69, 9.17) is 27.9 Å². The van der Waals surface area contributed by atoms with Gasteiger partial charge in [0.05, 0.1) is 28.3 Å². The summed E-state index contributed by atoms with van der Waals surface area (Å²) in [5.74, 6) is -0.726. The predicted octanol–water partition coefficient (Wildman–Crippen LogP) is 4.00. The molecule has 0 saturated carbocycles. The highest BCUT2D eigenvalue weighted by molar-refractivity contribution is 6.42. The minimum atomic E-state index is -0.570. The highest BCUT2D eigenvalue weighted by Gasteiger charge is 2.11. The summed E-state index contributed by atoms with van der Waals surface area (Å²) >= 11 is 11.6. The molecular formula is C15H10Cl2O4. The Balaban J connectivity index is 2.12. The van der Waals surface area contributed by atoms with Gasteiger partial charge < -0.3 is 9.47 Å². The minimum Gasteiger partial charge on any atom is -0.465 e. The average molecular weight is 325 g/mol. The first-order valence-electron chi connectivity index (χ1n) is 5.87. The molecule has 0 unspecified atom stereocenters. The van der Waals surface area contributed by atoms with Gasteiger partial charge in [-0.3, -0.25) is 0 Å².